The molecule has 5 nitrogen and oxygen atoms in total. The Morgan fingerprint density at radius 3 is 2.52 bits per heavy atom. The van der Waals surface area contributed by atoms with Crippen LogP contribution in [0.5, 0.6) is 11.5 Å². The highest BCUT2D eigenvalue weighted by atomic mass is 32.2. The van der Waals surface area contributed by atoms with Gasteiger partial charge in [0.2, 0.25) is 0 Å². The van der Waals surface area contributed by atoms with E-state index < -0.39 is 9.93 Å². The minimum Gasteiger partial charge on any atom is -0.491 e. The van der Waals surface area contributed by atoms with Crippen molar-refractivity contribution in [2.24, 2.45) is 7.05 Å². The lowest BCUT2D eigenvalue weighted by Crippen LogP contribution is -2.18. The summed E-state index contributed by atoms with van der Waals surface area (Å²) >= 11 is 0. The second-order valence-electron chi connectivity index (χ2n) is 6.31. The van der Waals surface area contributed by atoms with Crippen molar-refractivity contribution >= 4 is 9.93 Å². The standard InChI is InChI=1S/C21H27NO4S/c1-6-8-9-12-26-19-11-10-17(27(5,24)7-2)14-18(19)16-13-20(25-4)21(23)22(3)15-16/h10-11,13-15,27H,6-7,12H2,1-5H3. The van der Waals surface area contributed by atoms with Crippen molar-refractivity contribution in [3.63, 3.8) is 0 Å². The van der Waals surface area contributed by atoms with Crippen LogP contribution < -0.4 is 15.0 Å². The SMILES string of the molecule is CCC#CCOc1ccc([SH](C)(=O)CC)cc1-c1cc(OC)c(=O)n(C)c1. The van der Waals surface area contributed by atoms with E-state index in [2.05, 4.69) is 11.8 Å². The summed E-state index contributed by atoms with van der Waals surface area (Å²) in [5.41, 5.74) is 1.30. The Hall–Kier alpha value is -2.52. The number of rotatable bonds is 6. The molecule has 1 aromatic heterocycles. The van der Waals surface area contributed by atoms with E-state index in [0.717, 1.165) is 22.4 Å². The minimum absolute atomic E-state index is 0.219. The van der Waals surface area contributed by atoms with E-state index in [-0.39, 0.29) is 17.9 Å². The van der Waals surface area contributed by atoms with Crippen LogP contribution in [0.3, 0.4) is 0 Å². The third-order valence-electron chi connectivity index (χ3n) is 4.40. The number of hydrogen-bond acceptors (Lipinski definition) is 4. The van der Waals surface area contributed by atoms with Gasteiger partial charge >= 0.3 is 0 Å². The Kier molecular flexibility index (Phi) is 6.86. The Morgan fingerprint density at radius 1 is 1.15 bits per heavy atom. The smallest absolute Gasteiger partial charge is 0.292 e. The van der Waals surface area contributed by atoms with Gasteiger partial charge in [-0.3, -0.25) is 9.00 Å². The molecule has 0 aliphatic rings. The van der Waals surface area contributed by atoms with Crippen LogP contribution in [-0.4, -0.2) is 34.5 Å². The Balaban J connectivity index is 2.62. The second kappa shape index (κ2) is 8.92. The summed E-state index contributed by atoms with van der Waals surface area (Å²) in [4.78, 5) is 12.9. The van der Waals surface area contributed by atoms with Gasteiger partial charge in [0.15, 0.2) is 5.75 Å². The van der Waals surface area contributed by atoms with E-state index >= 15 is 0 Å². The third kappa shape index (κ3) is 4.81. The number of methoxy groups -OCH3 is 1. The lowest BCUT2D eigenvalue weighted by molar-refractivity contribution is 0.371. The first-order valence-corrected chi connectivity index (χ1v) is 11.2. The molecule has 27 heavy (non-hydrogen) atoms. The predicted molar refractivity (Wildman–Crippen MR) is 112 cm³/mol. The first-order chi connectivity index (χ1) is 12.8. The molecule has 1 aromatic carbocycles. The number of ether oxygens (including phenoxy) is 2. The van der Waals surface area contributed by atoms with Gasteiger partial charge in [-0.1, -0.05) is 29.7 Å². The number of hydrogen-bond donors (Lipinski definition) is 1. The molecule has 146 valence electrons. The van der Waals surface area contributed by atoms with E-state index in [1.54, 1.807) is 25.6 Å². The predicted octanol–water partition coefficient (Wildman–Crippen LogP) is 2.88. The van der Waals surface area contributed by atoms with Gasteiger partial charge in [-0.05, 0) is 30.5 Å². The number of thiol groups is 1. The molecule has 0 aliphatic carbocycles. The van der Waals surface area contributed by atoms with Gasteiger partial charge in [0.05, 0.1) is 7.11 Å². The lowest BCUT2D eigenvalue weighted by Gasteiger charge is -2.20. The zero-order valence-corrected chi connectivity index (χ0v) is 17.4. The Labute approximate surface area is 161 Å². The number of aromatic nitrogens is 1. The van der Waals surface area contributed by atoms with Crippen molar-refractivity contribution in [3.05, 3.63) is 40.8 Å². The summed E-state index contributed by atoms with van der Waals surface area (Å²) in [5.74, 6) is 7.37. The molecule has 1 heterocycles. The molecule has 0 unspecified atom stereocenters. The Morgan fingerprint density at radius 2 is 1.89 bits per heavy atom. The van der Waals surface area contributed by atoms with Crippen LogP contribution in [0.15, 0.2) is 40.2 Å². The second-order valence-corrected chi connectivity index (χ2v) is 9.66. The van der Waals surface area contributed by atoms with Crippen molar-refractivity contribution in [2.75, 3.05) is 25.7 Å². The molecule has 0 saturated carbocycles. The molecule has 0 amide bonds. The summed E-state index contributed by atoms with van der Waals surface area (Å²) in [7, 11) is 0.680. The number of benzene rings is 1. The quantitative estimate of drug-likeness (QED) is 0.610. The highest BCUT2D eigenvalue weighted by Crippen LogP contribution is 2.34. The summed E-state index contributed by atoms with van der Waals surface area (Å²) < 4.78 is 25.4. The maximum atomic E-state index is 12.9. The topological polar surface area (TPSA) is 57.5 Å². The first kappa shape index (κ1) is 20.8. The van der Waals surface area contributed by atoms with Crippen LogP contribution in [0.4, 0.5) is 0 Å². The van der Waals surface area contributed by atoms with Crippen LogP contribution in [0.1, 0.15) is 20.3 Å². The van der Waals surface area contributed by atoms with Crippen LogP contribution in [0, 0.1) is 11.8 Å². The molecule has 0 fully saturated rings. The molecular weight excluding hydrogens is 362 g/mol. The minimum atomic E-state index is -2.45. The number of pyridine rings is 1. The highest BCUT2D eigenvalue weighted by molar-refractivity contribution is 8.02. The fourth-order valence-corrected chi connectivity index (χ4v) is 3.77. The molecule has 2 rings (SSSR count). The molecule has 2 aromatic rings. The molecule has 6 heteroatoms. The average molecular weight is 390 g/mol. The van der Waals surface area contributed by atoms with Gasteiger partial charge in [0.25, 0.3) is 5.56 Å². The molecule has 0 N–H and O–H groups in total. The normalized spacial score (nSPS) is 11.4. The third-order valence-corrected chi connectivity index (χ3v) is 6.97. The van der Waals surface area contributed by atoms with Gasteiger partial charge in [0, 0.05) is 41.4 Å². The molecule has 0 aliphatic heterocycles. The van der Waals surface area contributed by atoms with E-state index in [1.165, 1.54) is 11.7 Å². The maximum absolute atomic E-state index is 12.9. The zero-order valence-electron chi connectivity index (χ0n) is 16.5. The average Bonchev–Trinajstić information content (AvgIpc) is 2.67. The van der Waals surface area contributed by atoms with E-state index in [0.29, 0.717) is 11.5 Å². The Bertz CT molecular complexity index is 982. The maximum Gasteiger partial charge on any atom is 0.292 e. The molecule has 0 saturated heterocycles. The van der Waals surface area contributed by atoms with Crippen LogP contribution >= 0.6 is 0 Å². The van der Waals surface area contributed by atoms with Crippen molar-refractivity contribution in [1.82, 2.24) is 4.57 Å². The van der Waals surface area contributed by atoms with Crippen molar-refractivity contribution in [3.8, 4) is 34.5 Å². The molecule has 0 bridgehead atoms. The van der Waals surface area contributed by atoms with Crippen molar-refractivity contribution in [1.29, 1.82) is 0 Å². The van der Waals surface area contributed by atoms with E-state index in [4.69, 9.17) is 9.47 Å². The fourth-order valence-electron chi connectivity index (χ4n) is 2.61. The van der Waals surface area contributed by atoms with Gasteiger partial charge in [-0.25, -0.2) is 0 Å². The molecule has 0 radical (unpaired) electrons. The van der Waals surface area contributed by atoms with Crippen molar-refractivity contribution in [2.45, 2.75) is 25.2 Å². The summed E-state index contributed by atoms with van der Waals surface area (Å²) in [5, 5.41) is 0. The summed E-state index contributed by atoms with van der Waals surface area (Å²) in [6.07, 6.45) is 4.27. The number of aryl methyl sites for hydroxylation is 1. The first-order valence-electron chi connectivity index (χ1n) is 8.88. The van der Waals surface area contributed by atoms with Gasteiger partial charge < -0.3 is 14.0 Å². The van der Waals surface area contributed by atoms with E-state index in [1.807, 2.05) is 32.0 Å². The largest absolute Gasteiger partial charge is 0.491 e. The molecule has 0 spiro atoms. The molecule has 0 atom stereocenters. The van der Waals surface area contributed by atoms with Crippen LogP contribution in [-0.2, 0) is 17.0 Å². The van der Waals surface area contributed by atoms with Crippen LogP contribution in [0.2, 0.25) is 0 Å². The van der Waals surface area contributed by atoms with Crippen LogP contribution in [0.25, 0.3) is 11.1 Å². The van der Waals surface area contributed by atoms with Crippen molar-refractivity contribution < 1.29 is 13.7 Å². The molecular formula is C21H27NO4S. The highest BCUT2D eigenvalue weighted by Gasteiger charge is 2.16. The zero-order chi connectivity index (χ0) is 20.0. The lowest BCUT2D eigenvalue weighted by atomic mass is 10.1. The van der Waals surface area contributed by atoms with Gasteiger partial charge in [0.1, 0.15) is 12.4 Å². The number of nitrogens with zero attached hydrogens (tertiary/aromatic N) is 1. The fraction of sp³-hybridized carbons (Fsp3) is 0.381. The summed E-state index contributed by atoms with van der Waals surface area (Å²) in [6.45, 7) is 4.16. The summed E-state index contributed by atoms with van der Waals surface area (Å²) in [6, 6.07) is 7.22. The van der Waals surface area contributed by atoms with E-state index in [9.17, 15) is 9.00 Å². The monoisotopic (exact) mass is 389 g/mol. The van der Waals surface area contributed by atoms with Gasteiger partial charge in [-0.15, -0.1) is 5.92 Å². The van der Waals surface area contributed by atoms with Gasteiger partial charge in [-0.2, -0.15) is 0 Å².